The number of para-hydroxylation sites is 1. The highest BCUT2D eigenvalue weighted by molar-refractivity contribution is 7.19. The van der Waals surface area contributed by atoms with Crippen LogP contribution in [0.2, 0.25) is 0 Å². The molecule has 0 atom stereocenters. The molecule has 0 aliphatic rings. The van der Waals surface area contributed by atoms with Gasteiger partial charge in [-0.3, -0.25) is 9.59 Å². The van der Waals surface area contributed by atoms with Gasteiger partial charge in [0.1, 0.15) is 11.1 Å². The van der Waals surface area contributed by atoms with Crippen LogP contribution in [0.5, 0.6) is 0 Å². The number of thiazole rings is 1. The van der Waals surface area contributed by atoms with Gasteiger partial charge in [0.15, 0.2) is 0 Å². The van der Waals surface area contributed by atoms with Gasteiger partial charge in [0.2, 0.25) is 4.96 Å². The second-order valence-electron chi connectivity index (χ2n) is 4.19. The quantitative estimate of drug-likeness (QED) is 0.713. The summed E-state index contributed by atoms with van der Waals surface area (Å²) in [7, 11) is 0. The van der Waals surface area contributed by atoms with Crippen LogP contribution in [-0.2, 0) is 0 Å². The monoisotopic (exact) mass is 315 g/mol. The summed E-state index contributed by atoms with van der Waals surface area (Å²) < 4.78 is 0.799. The highest BCUT2D eigenvalue weighted by atomic mass is 32.1. The molecular weight excluding hydrogens is 308 g/mol. The van der Waals surface area contributed by atoms with Crippen LogP contribution in [0.1, 0.15) is 20.2 Å². The zero-order chi connectivity index (χ0) is 15.7. The predicted molar refractivity (Wildman–Crippen MR) is 75.9 cm³/mol. The molecule has 22 heavy (non-hydrogen) atoms. The summed E-state index contributed by atoms with van der Waals surface area (Å²) in [6, 6.07) is 8.51. The molecule has 0 saturated carbocycles. The zero-order valence-corrected chi connectivity index (χ0v) is 11.7. The number of carboxylic acid groups (broad SMARTS) is 1. The van der Waals surface area contributed by atoms with Crippen molar-refractivity contribution in [3.8, 4) is 0 Å². The number of aromatic carboxylic acids is 1. The van der Waals surface area contributed by atoms with Gasteiger partial charge >= 0.3 is 0 Å². The molecule has 9 heteroatoms. The Morgan fingerprint density at radius 3 is 2.64 bits per heavy atom. The van der Waals surface area contributed by atoms with E-state index in [2.05, 4.69) is 15.5 Å². The van der Waals surface area contributed by atoms with Crippen molar-refractivity contribution < 1.29 is 14.7 Å². The first-order chi connectivity index (χ1) is 10.6. The Labute approximate surface area is 126 Å². The number of rotatable bonds is 3. The average molecular weight is 315 g/mol. The van der Waals surface area contributed by atoms with Crippen molar-refractivity contribution >= 4 is 33.9 Å². The molecule has 110 valence electrons. The average Bonchev–Trinajstić information content (AvgIpc) is 2.89. The number of fused-ring (bicyclic) bond motifs is 1. The van der Waals surface area contributed by atoms with Crippen molar-refractivity contribution in [2.45, 2.75) is 0 Å². The van der Waals surface area contributed by atoms with Gasteiger partial charge in [-0.15, -0.1) is 5.10 Å². The van der Waals surface area contributed by atoms with E-state index in [4.69, 9.17) is 0 Å². The maximum atomic E-state index is 12.3. The van der Waals surface area contributed by atoms with E-state index in [9.17, 15) is 19.5 Å². The van der Waals surface area contributed by atoms with Crippen molar-refractivity contribution in [2.75, 3.05) is 5.32 Å². The molecule has 1 aromatic carbocycles. The summed E-state index contributed by atoms with van der Waals surface area (Å²) >= 11 is 0.750. The van der Waals surface area contributed by atoms with Crippen molar-refractivity contribution in [3.05, 3.63) is 57.5 Å². The summed E-state index contributed by atoms with van der Waals surface area (Å²) in [5, 5.41) is 21.0. The number of nitrogens with one attached hydrogen (secondary N) is 1. The van der Waals surface area contributed by atoms with E-state index in [1.807, 2.05) is 0 Å². The van der Waals surface area contributed by atoms with Gasteiger partial charge in [-0.1, -0.05) is 29.5 Å². The zero-order valence-electron chi connectivity index (χ0n) is 10.8. The third-order valence-electron chi connectivity index (χ3n) is 2.79. The minimum absolute atomic E-state index is 0.00455. The maximum absolute atomic E-state index is 12.3. The lowest BCUT2D eigenvalue weighted by Gasteiger charge is -2.06. The van der Waals surface area contributed by atoms with Crippen molar-refractivity contribution in [1.29, 1.82) is 0 Å². The summed E-state index contributed by atoms with van der Waals surface area (Å²) in [5.74, 6) is -2.31. The SMILES string of the molecule is O=C(Nc1ccccc1)c1sc2nncc(=O)n2c1C(=O)[O-]. The van der Waals surface area contributed by atoms with Crippen LogP contribution in [-0.4, -0.2) is 26.5 Å². The second kappa shape index (κ2) is 5.37. The lowest BCUT2D eigenvalue weighted by molar-refractivity contribution is -0.255. The first-order valence-electron chi connectivity index (χ1n) is 6.03. The van der Waals surface area contributed by atoms with E-state index < -0.39 is 23.1 Å². The predicted octanol–water partition coefficient (Wildman–Crippen LogP) is -0.233. The van der Waals surface area contributed by atoms with E-state index in [-0.39, 0.29) is 9.84 Å². The molecule has 0 radical (unpaired) electrons. The summed E-state index contributed by atoms with van der Waals surface area (Å²) in [4.78, 5) is 35.1. The number of carboxylic acids is 1. The third kappa shape index (κ3) is 2.33. The molecule has 3 rings (SSSR count). The molecule has 0 aliphatic carbocycles. The normalized spacial score (nSPS) is 10.5. The lowest BCUT2D eigenvalue weighted by atomic mass is 10.3. The van der Waals surface area contributed by atoms with E-state index in [0.29, 0.717) is 5.69 Å². The van der Waals surface area contributed by atoms with Gasteiger partial charge in [-0.2, -0.15) is 5.10 Å². The molecular formula is C13H7N4O4S-. The molecule has 1 amide bonds. The van der Waals surface area contributed by atoms with E-state index in [1.54, 1.807) is 30.3 Å². The van der Waals surface area contributed by atoms with Gasteiger partial charge in [0, 0.05) is 5.69 Å². The van der Waals surface area contributed by atoms with Crippen LogP contribution in [0.25, 0.3) is 4.96 Å². The topological polar surface area (TPSA) is 116 Å². The Morgan fingerprint density at radius 1 is 1.23 bits per heavy atom. The molecule has 2 heterocycles. The van der Waals surface area contributed by atoms with Gasteiger partial charge < -0.3 is 15.2 Å². The first-order valence-corrected chi connectivity index (χ1v) is 6.84. The fraction of sp³-hybridized carbons (Fsp3) is 0. The van der Waals surface area contributed by atoms with E-state index in [1.165, 1.54) is 0 Å². The molecule has 0 saturated heterocycles. The Hall–Kier alpha value is -3.07. The fourth-order valence-corrected chi connectivity index (χ4v) is 2.84. The van der Waals surface area contributed by atoms with Crippen LogP contribution in [0.4, 0.5) is 5.69 Å². The van der Waals surface area contributed by atoms with Crippen molar-refractivity contribution in [1.82, 2.24) is 14.6 Å². The molecule has 0 unspecified atom stereocenters. The summed E-state index contributed by atoms with van der Waals surface area (Å²) in [5.41, 5.74) is -0.736. The van der Waals surface area contributed by atoms with Crippen LogP contribution in [0, 0.1) is 0 Å². The minimum Gasteiger partial charge on any atom is -0.543 e. The fourth-order valence-electron chi connectivity index (χ4n) is 1.88. The number of hydrogen-bond acceptors (Lipinski definition) is 7. The number of hydrogen-bond donors (Lipinski definition) is 1. The Bertz CT molecular complexity index is 932. The number of amides is 1. The minimum atomic E-state index is -1.64. The molecule has 3 aromatic rings. The highest BCUT2D eigenvalue weighted by Gasteiger charge is 2.21. The number of carbonyl (C=O) groups is 2. The molecule has 0 aliphatic heterocycles. The molecule has 2 aromatic heterocycles. The van der Waals surface area contributed by atoms with Crippen molar-refractivity contribution in [3.63, 3.8) is 0 Å². The molecule has 0 fully saturated rings. The standard InChI is InChI=1S/C13H8N4O4S/c18-8-6-14-16-13-17(8)9(12(20)21)10(22-13)11(19)15-7-4-2-1-3-5-7/h1-6H,(H,15,19)(H,20,21)/p-1. The van der Waals surface area contributed by atoms with E-state index >= 15 is 0 Å². The smallest absolute Gasteiger partial charge is 0.277 e. The van der Waals surface area contributed by atoms with Crippen LogP contribution >= 0.6 is 11.3 Å². The van der Waals surface area contributed by atoms with Crippen LogP contribution in [0.15, 0.2) is 41.3 Å². The number of nitrogens with zero attached hydrogens (tertiary/aromatic N) is 3. The van der Waals surface area contributed by atoms with Crippen LogP contribution < -0.4 is 16.0 Å². The number of benzene rings is 1. The molecule has 8 nitrogen and oxygen atoms in total. The van der Waals surface area contributed by atoms with Crippen molar-refractivity contribution in [2.24, 2.45) is 0 Å². The highest BCUT2D eigenvalue weighted by Crippen LogP contribution is 2.21. The number of carbonyl (C=O) groups excluding carboxylic acids is 2. The number of anilines is 1. The molecule has 0 bridgehead atoms. The van der Waals surface area contributed by atoms with Gasteiger partial charge in [0.05, 0.1) is 11.7 Å². The number of aromatic nitrogens is 3. The molecule has 0 spiro atoms. The van der Waals surface area contributed by atoms with Gasteiger partial charge in [0.25, 0.3) is 11.5 Å². The summed E-state index contributed by atoms with van der Waals surface area (Å²) in [6.07, 6.45) is 0.866. The largest absolute Gasteiger partial charge is 0.543 e. The third-order valence-corrected chi connectivity index (χ3v) is 3.82. The Kier molecular flexibility index (Phi) is 3.39. The Balaban J connectivity index is 2.12. The molecule has 1 N–H and O–H groups in total. The van der Waals surface area contributed by atoms with Crippen LogP contribution in [0.3, 0.4) is 0 Å². The van der Waals surface area contributed by atoms with Gasteiger partial charge in [-0.25, -0.2) is 4.40 Å². The first kappa shape index (κ1) is 13.9. The maximum Gasteiger partial charge on any atom is 0.277 e. The van der Waals surface area contributed by atoms with Gasteiger partial charge in [-0.05, 0) is 12.1 Å². The lowest BCUT2D eigenvalue weighted by Crippen LogP contribution is -2.30. The summed E-state index contributed by atoms with van der Waals surface area (Å²) in [6.45, 7) is 0. The van der Waals surface area contributed by atoms with E-state index in [0.717, 1.165) is 21.9 Å². The second-order valence-corrected chi connectivity index (χ2v) is 5.17. The Morgan fingerprint density at radius 2 is 1.95 bits per heavy atom.